The first-order chi connectivity index (χ1) is 8.20. The SMILES string of the molecule is COc1nc(N(C)C)sc1CNCC1CCC1. The Morgan fingerprint density at radius 1 is 1.47 bits per heavy atom. The van der Waals surface area contributed by atoms with E-state index in [1.165, 1.54) is 24.1 Å². The number of hydrogen-bond acceptors (Lipinski definition) is 5. The van der Waals surface area contributed by atoms with Gasteiger partial charge in [-0.2, -0.15) is 4.98 Å². The van der Waals surface area contributed by atoms with E-state index in [0.717, 1.165) is 30.0 Å². The zero-order valence-corrected chi connectivity index (χ0v) is 11.6. The smallest absolute Gasteiger partial charge is 0.230 e. The van der Waals surface area contributed by atoms with Gasteiger partial charge in [0, 0.05) is 20.6 Å². The third-order valence-electron chi connectivity index (χ3n) is 3.17. The van der Waals surface area contributed by atoms with Crippen LogP contribution in [-0.4, -0.2) is 32.7 Å². The molecule has 0 bridgehead atoms. The van der Waals surface area contributed by atoms with Crippen LogP contribution < -0.4 is 15.0 Å². The topological polar surface area (TPSA) is 37.4 Å². The molecule has 0 radical (unpaired) electrons. The average Bonchev–Trinajstić information content (AvgIpc) is 2.65. The third-order valence-corrected chi connectivity index (χ3v) is 4.37. The van der Waals surface area contributed by atoms with Gasteiger partial charge < -0.3 is 15.0 Å². The fourth-order valence-electron chi connectivity index (χ4n) is 1.88. The summed E-state index contributed by atoms with van der Waals surface area (Å²) in [7, 11) is 5.69. The van der Waals surface area contributed by atoms with Crippen LogP contribution in [0.15, 0.2) is 0 Å². The summed E-state index contributed by atoms with van der Waals surface area (Å²) in [4.78, 5) is 7.65. The lowest BCUT2D eigenvalue weighted by Crippen LogP contribution is -2.26. The van der Waals surface area contributed by atoms with Crippen LogP contribution in [0.1, 0.15) is 24.1 Å². The second kappa shape index (κ2) is 5.69. The number of nitrogens with zero attached hydrogens (tertiary/aromatic N) is 2. The zero-order chi connectivity index (χ0) is 12.3. The summed E-state index contributed by atoms with van der Waals surface area (Å²) in [5, 5.41) is 4.50. The van der Waals surface area contributed by atoms with Crippen molar-refractivity contribution >= 4 is 16.5 Å². The average molecular weight is 255 g/mol. The first kappa shape index (κ1) is 12.6. The molecular formula is C12H21N3OS. The minimum atomic E-state index is 0.764. The summed E-state index contributed by atoms with van der Waals surface area (Å²) in [6.45, 7) is 1.99. The fourth-order valence-corrected chi connectivity index (χ4v) is 2.80. The lowest BCUT2D eigenvalue weighted by Gasteiger charge is -2.25. The van der Waals surface area contributed by atoms with E-state index in [2.05, 4.69) is 10.3 Å². The summed E-state index contributed by atoms with van der Waals surface area (Å²) < 4.78 is 5.31. The van der Waals surface area contributed by atoms with E-state index < -0.39 is 0 Å². The molecule has 1 fully saturated rings. The van der Waals surface area contributed by atoms with Crippen LogP contribution in [0, 0.1) is 5.92 Å². The molecule has 1 aliphatic rings. The van der Waals surface area contributed by atoms with Gasteiger partial charge in [-0.05, 0) is 25.3 Å². The summed E-state index contributed by atoms with van der Waals surface area (Å²) in [5.41, 5.74) is 0. The Morgan fingerprint density at radius 3 is 2.76 bits per heavy atom. The van der Waals surface area contributed by atoms with Crippen LogP contribution in [0.4, 0.5) is 5.13 Å². The Labute approximate surface area is 107 Å². The van der Waals surface area contributed by atoms with Crippen molar-refractivity contribution in [2.75, 3.05) is 32.6 Å². The molecule has 0 aliphatic heterocycles. The van der Waals surface area contributed by atoms with Crippen LogP contribution in [0.2, 0.25) is 0 Å². The highest BCUT2D eigenvalue weighted by atomic mass is 32.1. The predicted octanol–water partition coefficient (Wildman–Crippen LogP) is 2.11. The second-order valence-corrected chi connectivity index (χ2v) is 5.81. The molecule has 0 spiro atoms. The van der Waals surface area contributed by atoms with Crippen molar-refractivity contribution in [1.82, 2.24) is 10.3 Å². The molecule has 1 aromatic rings. The Hall–Kier alpha value is -0.810. The molecule has 1 aromatic heterocycles. The summed E-state index contributed by atoms with van der Waals surface area (Å²) in [6, 6.07) is 0. The highest BCUT2D eigenvalue weighted by molar-refractivity contribution is 7.15. The highest BCUT2D eigenvalue weighted by Crippen LogP contribution is 2.30. The standard InChI is InChI=1S/C12H21N3OS/c1-15(2)12-14-11(16-3)10(17-12)8-13-7-9-5-4-6-9/h9,13H,4-8H2,1-3H3. The van der Waals surface area contributed by atoms with Crippen LogP contribution >= 0.6 is 11.3 Å². The monoisotopic (exact) mass is 255 g/mol. The lowest BCUT2D eigenvalue weighted by atomic mass is 9.85. The first-order valence-electron chi connectivity index (χ1n) is 6.12. The van der Waals surface area contributed by atoms with E-state index in [0.29, 0.717) is 0 Å². The minimum absolute atomic E-state index is 0.764. The first-order valence-corrected chi connectivity index (χ1v) is 6.94. The van der Waals surface area contributed by atoms with Crippen molar-refractivity contribution < 1.29 is 4.74 Å². The maximum absolute atomic E-state index is 5.31. The number of aromatic nitrogens is 1. The van der Waals surface area contributed by atoms with Gasteiger partial charge >= 0.3 is 0 Å². The van der Waals surface area contributed by atoms with E-state index >= 15 is 0 Å². The molecular weight excluding hydrogens is 234 g/mol. The third kappa shape index (κ3) is 3.10. The van der Waals surface area contributed by atoms with Crippen molar-refractivity contribution in [3.05, 3.63) is 4.88 Å². The Kier molecular flexibility index (Phi) is 4.23. The van der Waals surface area contributed by atoms with Crippen molar-refractivity contribution in [3.8, 4) is 5.88 Å². The molecule has 1 N–H and O–H groups in total. The lowest BCUT2D eigenvalue weighted by molar-refractivity contribution is 0.300. The summed E-state index contributed by atoms with van der Waals surface area (Å²) in [6.07, 6.45) is 4.17. The quantitative estimate of drug-likeness (QED) is 0.845. The molecule has 4 nitrogen and oxygen atoms in total. The number of anilines is 1. The largest absolute Gasteiger partial charge is 0.480 e. The van der Waals surface area contributed by atoms with Crippen molar-refractivity contribution in [3.63, 3.8) is 0 Å². The number of thiazole rings is 1. The van der Waals surface area contributed by atoms with Gasteiger partial charge in [-0.3, -0.25) is 0 Å². The number of rotatable bonds is 6. The normalized spacial score (nSPS) is 15.7. The van der Waals surface area contributed by atoms with Crippen LogP contribution in [-0.2, 0) is 6.54 Å². The van der Waals surface area contributed by atoms with Gasteiger partial charge in [0.05, 0.1) is 12.0 Å². The summed E-state index contributed by atoms with van der Waals surface area (Å²) in [5.74, 6) is 1.65. The molecule has 0 unspecified atom stereocenters. The van der Waals surface area contributed by atoms with Crippen LogP contribution in [0.25, 0.3) is 0 Å². The number of hydrogen-bond donors (Lipinski definition) is 1. The molecule has 2 rings (SSSR count). The van der Waals surface area contributed by atoms with E-state index in [4.69, 9.17) is 4.74 Å². The zero-order valence-electron chi connectivity index (χ0n) is 10.8. The predicted molar refractivity (Wildman–Crippen MR) is 72.0 cm³/mol. The van der Waals surface area contributed by atoms with E-state index in [1.807, 2.05) is 19.0 Å². The number of nitrogens with one attached hydrogen (secondary N) is 1. The summed E-state index contributed by atoms with van der Waals surface area (Å²) >= 11 is 1.70. The van der Waals surface area contributed by atoms with Crippen molar-refractivity contribution in [2.45, 2.75) is 25.8 Å². The van der Waals surface area contributed by atoms with Crippen LogP contribution in [0.5, 0.6) is 5.88 Å². The van der Waals surface area contributed by atoms with E-state index in [1.54, 1.807) is 18.4 Å². The molecule has 1 heterocycles. The molecule has 0 amide bonds. The second-order valence-electron chi connectivity index (χ2n) is 4.75. The Bertz CT molecular complexity index is 361. The van der Waals surface area contributed by atoms with Crippen molar-refractivity contribution in [2.24, 2.45) is 5.92 Å². The van der Waals surface area contributed by atoms with E-state index in [9.17, 15) is 0 Å². The van der Waals surface area contributed by atoms with Gasteiger partial charge in [0.15, 0.2) is 5.13 Å². The van der Waals surface area contributed by atoms with Gasteiger partial charge in [0.25, 0.3) is 0 Å². The number of methoxy groups -OCH3 is 1. The molecule has 0 aromatic carbocycles. The maximum atomic E-state index is 5.31. The minimum Gasteiger partial charge on any atom is -0.480 e. The van der Waals surface area contributed by atoms with Gasteiger partial charge in [-0.1, -0.05) is 17.8 Å². The van der Waals surface area contributed by atoms with Gasteiger partial charge in [0.2, 0.25) is 5.88 Å². The molecule has 5 heteroatoms. The van der Waals surface area contributed by atoms with Gasteiger partial charge in [-0.15, -0.1) is 0 Å². The molecule has 0 saturated heterocycles. The maximum Gasteiger partial charge on any atom is 0.230 e. The molecule has 1 saturated carbocycles. The molecule has 0 atom stereocenters. The fraction of sp³-hybridized carbons (Fsp3) is 0.750. The number of ether oxygens (including phenoxy) is 1. The van der Waals surface area contributed by atoms with Crippen LogP contribution in [0.3, 0.4) is 0 Å². The van der Waals surface area contributed by atoms with E-state index in [-0.39, 0.29) is 0 Å². The highest BCUT2D eigenvalue weighted by Gasteiger charge is 2.18. The Morgan fingerprint density at radius 2 is 2.24 bits per heavy atom. The van der Waals surface area contributed by atoms with Crippen molar-refractivity contribution in [1.29, 1.82) is 0 Å². The molecule has 96 valence electrons. The van der Waals surface area contributed by atoms with Gasteiger partial charge in [-0.25, -0.2) is 0 Å². The molecule has 1 aliphatic carbocycles. The Balaban J connectivity index is 1.88. The van der Waals surface area contributed by atoms with Gasteiger partial charge in [0.1, 0.15) is 0 Å². The molecule has 17 heavy (non-hydrogen) atoms.